The van der Waals surface area contributed by atoms with Crippen molar-refractivity contribution in [3.05, 3.63) is 96.1 Å². The SMILES string of the molecule is N#Cc1ccc2c(c1)[Si]1(c3ccccc3-2)c2ccccc2-c2ccc(C#N)cc21. The van der Waals surface area contributed by atoms with Gasteiger partial charge in [0.15, 0.2) is 8.07 Å². The van der Waals surface area contributed by atoms with Crippen LogP contribution in [0.1, 0.15) is 11.1 Å². The van der Waals surface area contributed by atoms with Gasteiger partial charge in [-0.1, -0.05) is 60.7 Å². The van der Waals surface area contributed by atoms with Gasteiger partial charge in [0.25, 0.3) is 0 Å². The van der Waals surface area contributed by atoms with Gasteiger partial charge in [0.2, 0.25) is 0 Å². The maximum atomic E-state index is 9.61. The molecule has 4 aromatic carbocycles. The van der Waals surface area contributed by atoms with Crippen molar-refractivity contribution in [2.45, 2.75) is 0 Å². The van der Waals surface area contributed by atoms with E-state index in [4.69, 9.17) is 0 Å². The second-order valence-corrected chi connectivity index (χ2v) is 11.2. The van der Waals surface area contributed by atoms with E-state index in [0.717, 1.165) is 0 Å². The zero-order valence-corrected chi connectivity index (χ0v) is 16.5. The molecule has 0 N–H and O–H groups in total. The number of nitrogens with zero attached hydrogens (tertiary/aromatic N) is 2. The molecule has 0 aliphatic carbocycles. The van der Waals surface area contributed by atoms with Crippen molar-refractivity contribution in [2.24, 2.45) is 0 Å². The van der Waals surface area contributed by atoms with Gasteiger partial charge >= 0.3 is 0 Å². The summed E-state index contributed by atoms with van der Waals surface area (Å²) in [4.78, 5) is 0. The second-order valence-electron chi connectivity index (χ2n) is 7.59. The molecule has 1 spiro atoms. The van der Waals surface area contributed by atoms with Gasteiger partial charge in [-0.3, -0.25) is 0 Å². The Balaban J connectivity index is 1.86. The van der Waals surface area contributed by atoms with E-state index < -0.39 is 8.07 Å². The molecule has 2 nitrogen and oxygen atoms in total. The molecule has 3 heteroatoms. The summed E-state index contributed by atoms with van der Waals surface area (Å²) in [7, 11) is -2.55. The van der Waals surface area contributed by atoms with E-state index in [1.54, 1.807) is 0 Å². The van der Waals surface area contributed by atoms with Crippen LogP contribution in [0.5, 0.6) is 0 Å². The fourth-order valence-corrected chi connectivity index (χ4v) is 10.9. The van der Waals surface area contributed by atoms with Gasteiger partial charge in [-0.25, -0.2) is 0 Å². The molecule has 0 amide bonds. The molecule has 6 rings (SSSR count). The Kier molecular flexibility index (Phi) is 3.07. The third-order valence-electron chi connectivity index (χ3n) is 6.35. The van der Waals surface area contributed by atoms with Gasteiger partial charge in [0.05, 0.1) is 23.3 Å². The third-order valence-corrected chi connectivity index (χ3v) is 11.3. The predicted molar refractivity (Wildman–Crippen MR) is 117 cm³/mol. The Morgan fingerprint density at radius 1 is 0.483 bits per heavy atom. The van der Waals surface area contributed by atoms with Crippen LogP contribution in [0, 0.1) is 22.7 Å². The van der Waals surface area contributed by atoms with Crippen LogP contribution in [-0.2, 0) is 0 Å². The Hall–Kier alpha value is -3.92. The summed E-state index contributed by atoms with van der Waals surface area (Å²) < 4.78 is 0. The first-order chi connectivity index (χ1) is 14.3. The van der Waals surface area contributed by atoms with E-state index in [0.29, 0.717) is 11.1 Å². The van der Waals surface area contributed by atoms with Gasteiger partial charge in [-0.05, 0) is 67.3 Å². The molecule has 0 bridgehead atoms. The highest BCUT2D eigenvalue weighted by molar-refractivity contribution is 7.24. The average molecular weight is 382 g/mol. The monoisotopic (exact) mass is 382 g/mol. The molecule has 2 aliphatic rings. The summed E-state index contributed by atoms with van der Waals surface area (Å²) in [5.74, 6) is 0. The van der Waals surface area contributed by atoms with Gasteiger partial charge in [0, 0.05) is 0 Å². The van der Waals surface area contributed by atoms with Crippen LogP contribution in [0.4, 0.5) is 0 Å². The lowest BCUT2D eigenvalue weighted by molar-refractivity contribution is 1.49. The molecule has 0 unspecified atom stereocenters. The first-order valence-electron chi connectivity index (χ1n) is 9.58. The number of fused-ring (bicyclic) bond motifs is 10. The fourth-order valence-electron chi connectivity index (χ4n) is 5.28. The van der Waals surface area contributed by atoms with Gasteiger partial charge in [0.1, 0.15) is 0 Å². The average Bonchev–Trinajstić information content (AvgIpc) is 3.25. The lowest BCUT2D eigenvalue weighted by atomic mass is 10.0. The van der Waals surface area contributed by atoms with Gasteiger partial charge < -0.3 is 0 Å². The number of hydrogen-bond donors (Lipinski definition) is 0. The van der Waals surface area contributed by atoms with E-state index in [2.05, 4.69) is 84.9 Å². The molecule has 0 atom stereocenters. The minimum atomic E-state index is -2.55. The largest absolute Gasteiger partial charge is 0.192 e. The van der Waals surface area contributed by atoms with Crippen LogP contribution < -0.4 is 20.7 Å². The molecule has 132 valence electrons. The highest BCUT2D eigenvalue weighted by atomic mass is 28.3. The summed E-state index contributed by atoms with van der Waals surface area (Å²) in [6.07, 6.45) is 0. The van der Waals surface area contributed by atoms with Gasteiger partial charge in [-0.2, -0.15) is 10.5 Å². The Bertz CT molecular complexity index is 1330. The van der Waals surface area contributed by atoms with Crippen LogP contribution in [0.25, 0.3) is 22.3 Å². The zero-order valence-electron chi connectivity index (χ0n) is 15.5. The van der Waals surface area contributed by atoms with Crippen LogP contribution in [-0.4, -0.2) is 8.07 Å². The standard InChI is InChI=1S/C26H14N2Si/c27-15-17-9-11-21-19-5-1-3-7-23(19)29(25(21)13-17)24-8-4-2-6-20(24)22-12-10-18(16-28)14-26(22)29/h1-14H. The van der Waals surface area contributed by atoms with Crippen molar-refractivity contribution in [2.75, 3.05) is 0 Å². The molecule has 2 aliphatic heterocycles. The lowest BCUT2D eigenvalue weighted by Gasteiger charge is -2.27. The summed E-state index contributed by atoms with van der Waals surface area (Å²) in [5.41, 5.74) is 6.32. The number of nitriles is 2. The second kappa shape index (κ2) is 5.55. The Morgan fingerprint density at radius 3 is 1.34 bits per heavy atom. The Labute approximate surface area is 169 Å². The summed E-state index contributed by atoms with van der Waals surface area (Å²) in [5, 5.41) is 24.5. The Morgan fingerprint density at radius 2 is 0.897 bits per heavy atom. The van der Waals surface area contributed by atoms with E-state index in [-0.39, 0.29) is 0 Å². The van der Waals surface area contributed by atoms with Gasteiger partial charge in [-0.15, -0.1) is 0 Å². The smallest absolute Gasteiger partial charge is 0.182 e. The molecular formula is C26H14N2Si. The van der Waals surface area contributed by atoms with Crippen LogP contribution in [0.15, 0.2) is 84.9 Å². The predicted octanol–water partition coefficient (Wildman–Crippen LogP) is 2.77. The summed E-state index contributed by atoms with van der Waals surface area (Å²) in [6, 6.07) is 34.1. The third kappa shape index (κ3) is 1.83. The molecule has 0 saturated carbocycles. The number of hydrogen-bond acceptors (Lipinski definition) is 2. The molecule has 0 radical (unpaired) electrons. The van der Waals surface area contributed by atoms with Crippen molar-refractivity contribution >= 4 is 28.8 Å². The number of rotatable bonds is 0. The normalized spacial score (nSPS) is 13.7. The summed E-state index contributed by atoms with van der Waals surface area (Å²) in [6.45, 7) is 0. The van der Waals surface area contributed by atoms with Crippen molar-refractivity contribution in [3.63, 3.8) is 0 Å². The van der Waals surface area contributed by atoms with Crippen molar-refractivity contribution in [1.29, 1.82) is 10.5 Å². The van der Waals surface area contributed by atoms with Crippen LogP contribution >= 0.6 is 0 Å². The quantitative estimate of drug-likeness (QED) is 0.379. The fraction of sp³-hybridized carbons (Fsp3) is 0. The van der Waals surface area contributed by atoms with Crippen molar-refractivity contribution in [3.8, 4) is 34.4 Å². The first-order valence-corrected chi connectivity index (χ1v) is 11.6. The maximum Gasteiger partial charge on any atom is 0.182 e. The van der Waals surface area contributed by atoms with Crippen molar-refractivity contribution in [1.82, 2.24) is 0 Å². The van der Waals surface area contributed by atoms with Crippen LogP contribution in [0.2, 0.25) is 0 Å². The topological polar surface area (TPSA) is 47.6 Å². The summed E-state index contributed by atoms with van der Waals surface area (Å²) >= 11 is 0. The maximum absolute atomic E-state index is 9.61. The molecule has 2 heterocycles. The first kappa shape index (κ1) is 16.1. The highest BCUT2D eigenvalue weighted by Gasteiger charge is 2.53. The lowest BCUT2D eigenvalue weighted by Crippen LogP contribution is -2.70. The molecule has 4 aromatic rings. The van der Waals surface area contributed by atoms with Crippen molar-refractivity contribution < 1.29 is 0 Å². The van der Waals surface area contributed by atoms with E-state index in [9.17, 15) is 10.5 Å². The molecule has 0 saturated heterocycles. The van der Waals surface area contributed by atoms with E-state index in [1.165, 1.54) is 43.0 Å². The number of benzene rings is 4. The zero-order chi connectivity index (χ0) is 19.6. The molecule has 0 fully saturated rings. The van der Waals surface area contributed by atoms with Crippen LogP contribution in [0.3, 0.4) is 0 Å². The van der Waals surface area contributed by atoms with E-state index >= 15 is 0 Å². The minimum absolute atomic E-state index is 0.686. The molecule has 29 heavy (non-hydrogen) atoms. The minimum Gasteiger partial charge on any atom is -0.192 e. The van der Waals surface area contributed by atoms with E-state index in [1.807, 2.05) is 12.1 Å². The highest BCUT2D eigenvalue weighted by Crippen LogP contribution is 2.36. The molecule has 0 aromatic heterocycles. The molecular weight excluding hydrogens is 368 g/mol.